The number of rotatable bonds is 4. The van der Waals surface area contributed by atoms with E-state index in [0.717, 1.165) is 0 Å². The van der Waals surface area contributed by atoms with Crippen molar-refractivity contribution in [3.05, 3.63) is 34.9 Å². The van der Waals surface area contributed by atoms with Gasteiger partial charge in [0.1, 0.15) is 6.10 Å². The molecule has 1 rings (SSSR count). The van der Waals surface area contributed by atoms with Gasteiger partial charge < -0.3 is 10.4 Å². The molecule has 1 aromatic rings. The lowest BCUT2D eigenvalue weighted by molar-refractivity contribution is -0.128. The Morgan fingerprint density at radius 2 is 2.00 bits per heavy atom. The van der Waals surface area contributed by atoms with Crippen LogP contribution >= 0.6 is 0 Å². The summed E-state index contributed by atoms with van der Waals surface area (Å²) in [6.07, 6.45) is -0.958. The monoisotopic (exact) mass is 249 g/mol. The van der Waals surface area contributed by atoms with Gasteiger partial charge in [-0.2, -0.15) is 0 Å². The number of carbonyl (C=O) groups is 1. The highest BCUT2D eigenvalue weighted by atomic mass is 16.3. The van der Waals surface area contributed by atoms with Gasteiger partial charge in [0.2, 0.25) is 5.91 Å². The van der Waals surface area contributed by atoms with Crippen LogP contribution in [0.25, 0.3) is 0 Å². The number of hydrogen-bond donors (Lipinski definition) is 2. The van der Waals surface area contributed by atoms with E-state index in [9.17, 15) is 4.79 Å². The van der Waals surface area contributed by atoms with Crippen LogP contribution in [0.4, 0.5) is 0 Å². The number of nitrogens with one attached hydrogen (secondary N) is 1. The summed E-state index contributed by atoms with van der Waals surface area (Å²) < 4.78 is 0. The van der Waals surface area contributed by atoms with Crippen molar-refractivity contribution in [3.8, 4) is 0 Å². The van der Waals surface area contributed by atoms with Crippen LogP contribution < -0.4 is 5.32 Å². The molecule has 0 radical (unpaired) electrons. The second-order valence-corrected chi connectivity index (χ2v) is 5.60. The number of aryl methyl sites for hydroxylation is 2. The molecule has 0 saturated carbocycles. The molecular weight excluding hydrogens is 226 g/mol. The van der Waals surface area contributed by atoms with Crippen molar-refractivity contribution in [1.82, 2.24) is 5.32 Å². The summed E-state index contributed by atoms with van der Waals surface area (Å²) in [6, 6.07) is 6.34. The molecule has 2 N–H and O–H groups in total. The van der Waals surface area contributed by atoms with Crippen molar-refractivity contribution in [3.63, 3.8) is 0 Å². The van der Waals surface area contributed by atoms with Crippen LogP contribution in [0.1, 0.15) is 37.5 Å². The first-order valence-corrected chi connectivity index (χ1v) is 6.27. The summed E-state index contributed by atoms with van der Waals surface area (Å²) in [7, 11) is 0. The number of aliphatic hydroxyl groups excluding tert-OH is 1. The highest BCUT2D eigenvalue weighted by molar-refractivity contribution is 5.80. The Kier molecular flexibility index (Phi) is 4.52. The smallest absolute Gasteiger partial charge is 0.248 e. The van der Waals surface area contributed by atoms with E-state index in [2.05, 4.69) is 51.2 Å². The topological polar surface area (TPSA) is 49.3 Å². The maximum absolute atomic E-state index is 11.4. The molecule has 0 aliphatic carbocycles. The molecule has 0 heterocycles. The summed E-state index contributed by atoms with van der Waals surface area (Å²) in [5.41, 5.74) is 3.54. The molecule has 0 aromatic heterocycles. The maximum atomic E-state index is 11.4. The molecule has 0 saturated heterocycles. The number of carbonyl (C=O) groups excluding carboxylic acids is 1. The minimum absolute atomic E-state index is 0.150. The second-order valence-electron chi connectivity index (χ2n) is 5.60. The highest BCUT2D eigenvalue weighted by Crippen LogP contribution is 2.26. The predicted molar refractivity (Wildman–Crippen MR) is 73.6 cm³/mol. The molecule has 1 aromatic carbocycles. The first-order chi connectivity index (χ1) is 8.24. The van der Waals surface area contributed by atoms with Crippen molar-refractivity contribution in [1.29, 1.82) is 0 Å². The van der Waals surface area contributed by atoms with Crippen molar-refractivity contribution < 1.29 is 9.90 Å². The maximum Gasteiger partial charge on any atom is 0.248 e. The van der Waals surface area contributed by atoms with Crippen molar-refractivity contribution in [2.24, 2.45) is 0 Å². The molecule has 1 amide bonds. The summed E-state index contributed by atoms with van der Waals surface area (Å²) in [6.45, 7) is 10.3. The third-order valence-corrected chi connectivity index (χ3v) is 3.20. The Morgan fingerprint density at radius 1 is 1.39 bits per heavy atom. The Balaban J connectivity index is 2.82. The van der Waals surface area contributed by atoms with E-state index in [4.69, 9.17) is 5.11 Å². The molecule has 100 valence electrons. The van der Waals surface area contributed by atoms with Gasteiger partial charge in [0.05, 0.1) is 0 Å². The summed E-state index contributed by atoms with van der Waals surface area (Å²) in [5.74, 6) is -0.326. The van der Waals surface area contributed by atoms with Gasteiger partial charge >= 0.3 is 0 Å². The van der Waals surface area contributed by atoms with Gasteiger partial charge in [-0.1, -0.05) is 37.6 Å². The minimum Gasteiger partial charge on any atom is -0.384 e. The molecular formula is C15H23NO2. The van der Waals surface area contributed by atoms with Crippen LogP contribution in [0.3, 0.4) is 0 Å². The minimum atomic E-state index is -0.958. The van der Waals surface area contributed by atoms with E-state index < -0.39 is 6.10 Å². The van der Waals surface area contributed by atoms with E-state index in [1.54, 1.807) is 0 Å². The number of aliphatic hydroxyl groups is 1. The highest BCUT2D eigenvalue weighted by Gasteiger charge is 2.23. The van der Waals surface area contributed by atoms with Crippen molar-refractivity contribution >= 4 is 5.91 Å². The van der Waals surface area contributed by atoms with Crippen molar-refractivity contribution in [2.75, 3.05) is 6.54 Å². The molecule has 0 aliphatic rings. The van der Waals surface area contributed by atoms with Gasteiger partial charge in [-0.05, 0) is 31.9 Å². The number of amides is 1. The second kappa shape index (κ2) is 5.53. The van der Waals surface area contributed by atoms with Gasteiger partial charge in [0, 0.05) is 12.0 Å². The third-order valence-electron chi connectivity index (χ3n) is 3.20. The van der Waals surface area contributed by atoms with E-state index in [1.807, 2.05) is 0 Å². The van der Waals surface area contributed by atoms with Gasteiger partial charge in [-0.15, -0.1) is 0 Å². The van der Waals surface area contributed by atoms with E-state index in [0.29, 0.717) is 6.54 Å². The zero-order chi connectivity index (χ0) is 13.9. The van der Waals surface area contributed by atoms with Gasteiger partial charge in [-0.3, -0.25) is 4.79 Å². The van der Waals surface area contributed by atoms with Crippen molar-refractivity contribution in [2.45, 2.75) is 46.1 Å². The van der Waals surface area contributed by atoms with E-state index >= 15 is 0 Å². The van der Waals surface area contributed by atoms with Gasteiger partial charge in [-0.25, -0.2) is 0 Å². The lowest BCUT2D eigenvalue weighted by Crippen LogP contribution is -2.41. The lowest BCUT2D eigenvalue weighted by atomic mass is 9.81. The fraction of sp³-hybridized carbons (Fsp3) is 0.533. The fourth-order valence-corrected chi connectivity index (χ4v) is 2.12. The molecule has 3 nitrogen and oxygen atoms in total. The first kappa shape index (κ1) is 14.7. The molecule has 1 unspecified atom stereocenters. The molecule has 0 aliphatic heterocycles. The lowest BCUT2D eigenvalue weighted by Gasteiger charge is -2.28. The zero-order valence-electron chi connectivity index (χ0n) is 11.9. The van der Waals surface area contributed by atoms with Gasteiger partial charge in [0.25, 0.3) is 0 Å². The standard InChI is InChI=1S/C15H23NO2/c1-10-6-7-13(11(2)8-10)15(4,5)9-16-14(18)12(3)17/h6-8,12,17H,9H2,1-5H3,(H,16,18). The van der Waals surface area contributed by atoms with Crippen LogP contribution in [0.2, 0.25) is 0 Å². The normalized spacial score (nSPS) is 13.2. The van der Waals surface area contributed by atoms with Gasteiger partial charge in [0.15, 0.2) is 0 Å². The van der Waals surface area contributed by atoms with Crippen LogP contribution in [0.15, 0.2) is 18.2 Å². The number of benzene rings is 1. The Morgan fingerprint density at radius 3 is 2.50 bits per heavy atom. The zero-order valence-corrected chi connectivity index (χ0v) is 11.9. The van der Waals surface area contributed by atoms with E-state index in [-0.39, 0.29) is 11.3 Å². The Bertz CT molecular complexity index is 436. The molecule has 0 spiro atoms. The SMILES string of the molecule is Cc1ccc(C(C)(C)CNC(=O)C(C)O)c(C)c1. The third kappa shape index (κ3) is 3.57. The summed E-state index contributed by atoms with van der Waals surface area (Å²) in [5, 5.41) is 11.9. The van der Waals surface area contributed by atoms with Crippen LogP contribution in [0, 0.1) is 13.8 Å². The summed E-state index contributed by atoms with van der Waals surface area (Å²) >= 11 is 0. The summed E-state index contributed by atoms with van der Waals surface area (Å²) in [4.78, 5) is 11.4. The average molecular weight is 249 g/mol. The predicted octanol–water partition coefficient (Wildman–Crippen LogP) is 2.08. The first-order valence-electron chi connectivity index (χ1n) is 6.27. The Labute approximate surface area is 109 Å². The molecule has 0 fully saturated rings. The molecule has 0 bridgehead atoms. The average Bonchev–Trinajstić information content (AvgIpc) is 2.25. The van der Waals surface area contributed by atoms with Crippen LogP contribution in [-0.4, -0.2) is 23.7 Å². The fourth-order valence-electron chi connectivity index (χ4n) is 2.12. The quantitative estimate of drug-likeness (QED) is 0.858. The largest absolute Gasteiger partial charge is 0.384 e. The van der Waals surface area contributed by atoms with Crippen LogP contribution in [0.5, 0.6) is 0 Å². The molecule has 1 atom stereocenters. The number of hydrogen-bond acceptors (Lipinski definition) is 2. The Hall–Kier alpha value is -1.35. The molecule has 18 heavy (non-hydrogen) atoms. The molecule has 3 heteroatoms. The van der Waals surface area contributed by atoms with E-state index in [1.165, 1.54) is 23.6 Å². The van der Waals surface area contributed by atoms with Crippen LogP contribution in [-0.2, 0) is 10.2 Å².